The SMILES string of the molecule is CCc1c(N2CCN(C(=O)c3ncnc(C)c3O)CC2)c(=O)n2nc(-c3ccc4c(c3)COC4)nc2n1CC(=O)Nc1c(Cl)cc(C(F)(F)F)c2scnc12. The van der Waals surface area contributed by atoms with Crippen molar-refractivity contribution in [2.24, 2.45) is 0 Å². The fourth-order valence-electron chi connectivity index (χ4n) is 6.91. The second-order valence-corrected chi connectivity index (χ2v) is 14.2. The molecule has 0 unspecified atom stereocenters. The highest BCUT2D eigenvalue weighted by Crippen LogP contribution is 2.42. The molecule has 0 saturated carbocycles. The van der Waals surface area contributed by atoms with Gasteiger partial charge in [-0.1, -0.05) is 30.7 Å². The van der Waals surface area contributed by atoms with Gasteiger partial charge in [0.25, 0.3) is 11.5 Å². The maximum Gasteiger partial charge on any atom is 0.417 e. The number of hydrogen-bond donors (Lipinski definition) is 2. The maximum absolute atomic E-state index is 14.4. The smallest absolute Gasteiger partial charge is 0.417 e. The minimum absolute atomic E-state index is 0.0632. The van der Waals surface area contributed by atoms with Gasteiger partial charge in [-0.2, -0.15) is 22.7 Å². The van der Waals surface area contributed by atoms with Crippen molar-refractivity contribution in [3.05, 3.63) is 85.3 Å². The van der Waals surface area contributed by atoms with Crippen LogP contribution in [0, 0.1) is 6.92 Å². The third-order valence-electron chi connectivity index (χ3n) is 9.66. The number of nitrogens with one attached hydrogen (secondary N) is 1. The number of carbonyl (C=O) groups is 2. The monoisotopic (exact) mass is 794 g/mol. The summed E-state index contributed by atoms with van der Waals surface area (Å²) in [5.41, 5.74) is 3.02. The molecule has 284 valence electrons. The number of carbonyl (C=O) groups excluding carboxylic acids is 2. The first-order valence-electron chi connectivity index (χ1n) is 17.0. The number of aryl methyl sites for hydroxylation is 1. The molecule has 1 fully saturated rings. The molecular weight excluding hydrogens is 765 g/mol. The second-order valence-electron chi connectivity index (χ2n) is 13.0. The number of anilines is 2. The standard InChI is InChI=1S/C35H30ClF3N10O5S/c1-3-23-28(46-6-8-47(9-7-46)32(52)27-29(51)17(2)40-15-41-27)33(53)49-34(44-31(45-49)18-4-5-19-13-54-14-20(19)10-18)48(23)12-24(50)43-25-22(36)11-21(35(37,38)39)30-26(25)42-16-55-30/h4-5,10-11,15-16,51H,3,6-9,12-14H2,1-2H3,(H,43,50). The zero-order valence-corrected chi connectivity index (χ0v) is 30.7. The van der Waals surface area contributed by atoms with Crippen molar-refractivity contribution in [3.8, 4) is 17.1 Å². The summed E-state index contributed by atoms with van der Waals surface area (Å²) in [5, 5.41) is 17.3. The molecule has 0 aliphatic carbocycles. The molecule has 1 saturated heterocycles. The number of aromatic hydroxyl groups is 1. The number of aromatic nitrogens is 7. The van der Waals surface area contributed by atoms with Crippen molar-refractivity contribution in [1.29, 1.82) is 0 Å². The van der Waals surface area contributed by atoms with Gasteiger partial charge >= 0.3 is 6.18 Å². The summed E-state index contributed by atoms with van der Waals surface area (Å²) < 4.78 is 49.5. The minimum atomic E-state index is -4.70. The highest BCUT2D eigenvalue weighted by atomic mass is 35.5. The molecule has 0 radical (unpaired) electrons. The number of nitrogens with zero attached hydrogens (tertiary/aromatic N) is 9. The van der Waals surface area contributed by atoms with Crippen LogP contribution in [0.15, 0.2) is 40.9 Å². The Hall–Kier alpha value is -5.66. The normalized spacial score (nSPS) is 14.6. The fraction of sp³-hybridized carbons (Fsp3) is 0.314. The Morgan fingerprint density at radius 2 is 1.84 bits per heavy atom. The number of ether oxygens (including phenoxy) is 1. The summed E-state index contributed by atoms with van der Waals surface area (Å²) in [6.45, 7) is 4.62. The van der Waals surface area contributed by atoms with E-state index in [2.05, 4.69) is 25.4 Å². The molecule has 6 aromatic rings. The van der Waals surface area contributed by atoms with Crippen LogP contribution in [0.1, 0.15) is 45.5 Å². The number of thiazole rings is 1. The number of amides is 2. The van der Waals surface area contributed by atoms with Crippen LogP contribution < -0.4 is 15.8 Å². The topological polar surface area (TPSA) is 173 Å². The number of benzene rings is 2. The van der Waals surface area contributed by atoms with Crippen LogP contribution in [0.4, 0.5) is 24.5 Å². The molecule has 2 aromatic carbocycles. The number of halogens is 4. The lowest BCUT2D eigenvalue weighted by Crippen LogP contribution is -2.51. The number of hydrogen-bond acceptors (Lipinski definition) is 12. The van der Waals surface area contributed by atoms with Crippen molar-refractivity contribution >= 4 is 62.1 Å². The zero-order valence-electron chi connectivity index (χ0n) is 29.1. The molecule has 55 heavy (non-hydrogen) atoms. The summed E-state index contributed by atoms with van der Waals surface area (Å²) in [7, 11) is 0. The third kappa shape index (κ3) is 6.40. The van der Waals surface area contributed by atoms with Crippen molar-refractivity contribution in [1.82, 2.24) is 39.0 Å². The molecule has 8 rings (SSSR count). The first-order valence-corrected chi connectivity index (χ1v) is 18.3. The molecule has 2 N–H and O–H groups in total. The van der Waals surface area contributed by atoms with Crippen molar-refractivity contribution in [2.45, 2.75) is 46.2 Å². The molecule has 20 heteroatoms. The summed E-state index contributed by atoms with van der Waals surface area (Å²) >= 11 is 7.10. The number of fused-ring (bicyclic) bond motifs is 3. The van der Waals surface area contributed by atoms with E-state index in [4.69, 9.17) is 21.3 Å². The molecule has 0 atom stereocenters. The van der Waals surface area contributed by atoms with Gasteiger partial charge in [-0.3, -0.25) is 14.4 Å². The Balaban J connectivity index is 1.18. The average molecular weight is 795 g/mol. The van der Waals surface area contributed by atoms with Crippen LogP contribution in [-0.4, -0.2) is 82.1 Å². The lowest BCUT2D eigenvalue weighted by atomic mass is 10.1. The van der Waals surface area contributed by atoms with Crippen molar-refractivity contribution in [2.75, 3.05) is 36.4 Å². The van der Waals surface area contributed by atoms with Gasteiger partial charge in [-0.25, -0.2) is 15.0 Å². The fourth-order valence-corrected chi connectivity index (χ4v) is 7.99. The Morgan fingerprint density at radius 1 is 1.07 bits per heavy atom. The average Bonchev–Trinajstić information content (AvgIpc) is 3.94. The predicted molar refractivity (Wildman–Crippen MR) is 195 cm³/mol. The molecule has 0 bridgehead atoms. The van der Waals surface area contributed by atoms with E-state index in [1.165, 1.54) is 16.7 Å². The van der Waals surface area contributed by atoms with E-state index in [9.17, 15) is 32.7 Å². The summed E-state index contributed by atoms with van der Waals surface area (Å²) in [6, 6.07) is 6.38. The maximum atomic E-state index is 14.4. The predicted octanol–water partition coefficient (Wildman–Crippen LogP) is 4.84. The van der Waals surface area contributed by atoms with Gasteiger partial charge in [0.05, 0.1) is 51.1 Å². The molecule has 15 nitrogen and oxygen atoms in total. The van der Waals surface area contributed by atoms with E-state index < -0.39 is 35.7 Å². The third-order valence-corrected chi connectivity index (χ3v) is 10.8. The minimum Gasteiger partial charge on any atom is -0.504 e. The number of alkyl halides is 3. The molecule has 6 heterocycles. The van der Waals surface area contributed by atoms with Crippen LogP contribution in [0.5, 0.6) is 5.75 Å². The van der Waals surface area contributed by atoms with Crippen LogP contribution >= 0.6 is 22.9 Å². The van der Waals surface area contributed by atoms with Gasteiger partial charge in [-0.15, -0.1) is 16.4 Å². The number of rotatable bonds is 7. The highest BCUT2D eigenvalue weighted by molar-refractivity contribution is 7.17. The van der Waals surface area contributed by atoms with Crippen LogP contribution in [0.2, 0.25) is 5.02 Å². The zero-order chi connectivity index (χ0) is 38.8. The molecular formula is C35H30ClF3N10O5S. The van der Waals surface area contributed by atoms with E-state index in [1.807, 2.05) is 30.0 Å². The lowest BCUT2D eigenvalue weighted by molar-refractivity contribution is -0.136. The summed E-state index contributed by atoms with van der Waals surface area (Å²) in [4.78, 5) is 61.6. The molecule has 0 spiro atoms. The van der Waals surface area contributed by atoms with Crippen molar-refractivity contribution in [3.63, 3.8) is 0 Å². The van der Waals surface area contributed by atoms with Gasteiger partial charge in [0.2, 0.25) is 11.7 Å². The highest BCUT2D eigenvalue weighted by Gasteiger charge is 2.36. The quantitative estimate of drug-likeness (QED) is 0.227. The largest absolute Gasteiger partial charge is 0.504 e. The van der Waals surface area contributed by atoms with Gasteiger partial charge in [0, 0.05) is 31.7 Å². The van der Waals surface area contributed by atoms with Crippen LogP contribution in [-0.2, 0) is 41.9 Å². The lowest BCUT2D eigenvalue weighted by Gasteiger charge is -2.36. The van der Waals surface area contributed by atoms with Crippen LogP contribution in [0.3, 0.4) is 0 Å². The molecule has 2 aliphatic heterocycles. The van der Waals surface area contributed by atoms with E-state index >= 15 is 0 Å². The second kappa shape index (κ2) is 13.9. The molecule has 4 aromatic heterocycles. The Bertz CT molecular complexity index is 2600. The van der Waals surface area contributed by atoms with E-state index in [0.717, 1.165) is 33.0 Å². The Morgan fingerprint density at radius 3 is 2.58 bits per heavy atom. The summed E-state index contributed by atoms with van der Waals surface area (Å²) in [5.74, 6) is -1.17. The number of piperazine rings is 1. The first-order chi connectivity index (χ1) is 26.3. The van der Waals surface area contributed by atoms with Crippen molar-refractivity contribution < 1.29 is 32.6 Å². The van der Waals surface area contributed by atoms with E-state index in [-0.39, 0.29) is 88.0 Å². The Labute approximate surface area is 318 Å². The first kappa shape index (κ1) is 36.3. The van der Waals surface area contributed by atoms with Gasteiger partial charge in [-0.05, 0) is 36.6 Å². The molecule has 2 amide bonds. The van der Waals surface area contributed by atoms with Gasteiger partial charge < -0.3 is 29.5 Å². The van der Waals surface area contributed by atoms with E-state index in [1.54, 1.807) is 11.5 Å². The van der Waals surface area contributed by atoms with E-state index in [0.29, 0.717) is 24.5 Å². The Kier molecular flexibility index (Phi) is 9.17. The van der Waals surface area contributed by atoms with Crippen LogP contribution in [0.25, 0.3) is 27.4 Å². The van der Waals surface area contributed by atoms with Gasteiger partial charge in [0.1, 0.15) is 24.1 Å². The summed E-state index contributed by atoms with van der Waals surface area (Å²) in [6.07, 6.45) is -3.23. The molecule has 2 aliphatic rings. The van der Waals surface area contributed by atoms with Gasteiger partial charge in [0.15, 0.2) is 17.3 Å².